The number of benzene rings is 1. The van der Waals surface area contributed by atoms with Crippen LogP contribution in [0.3, 0.4) is 0 Å². The van der Waals surface area contributed by atoms with Crippen LogP contribution < -0.4 is 9.96 Å². The van der Waals surface area contributed by atoms with Crippen LogP contribution in [0.5, 0.6) is 5.75 Å². The van der Waals surface area contributed by atoms with Crippen molar-refractivity contribution in [2.75, 3.05) is 18.4 Å². The van der Waals surface area contributed by atoms with Gasteiger partial charge in [0.1, 0.15) is 54.6 Å². The third-order valence-corrected chi connectivity index (χ3v) is 5.25. The first-order valence-electron chi connectivity index (χ1n) is 9.68. The highest BCUT2D eigenvalue weighted by Crippen LogP contribution is 2.27. The molecule has 0 amide bonds. The number of hydrogen-bond donors (Lipinski definition) is 8. The Bertz CT molecular complexity index is 719. The molecule has 3 rings (SSSR count). The van der Waals surface area contributed by atoms with Gasteiger partial charge in [0.05, 0.1) is 18.9 Å². The lowest BCUT2D eigenvalue weighted by atomic mass is 9.98. The Labute approximate surface area is 181 Å². The van der Waals surface area contributed by atoms with Crippen molar-refractivity contribution in [1.29, 1.82) is 0 Å². The minimum atomic E-state index is -1.70. The summed E-state index contributed by atoms with van der Waals surface area (Å²) in [7, 11) is 0. The van der Waals surface area contributed by atoms with E-state index in [1.807, 2.05) is 0 Å². The lowest BCUT2D eigenvalue weighted by Gasteiger charge is -2.42. The number of aliphatic hydroxyl groups is 7. The molecule has 2 heterocycles. The third-order valence-electron chi connectivity index (χ3n) is 5.25. The molecule has 0 saturated carbocycles. The Morgan fingerprint density at radius 3 is 1.88 bits per heavy atom. The van der Waals surface area contributed by atoms with Gasteiger partial charge in [0.15, 0.2) is 6.29 Å². The molecule has 182 valence electrons. The molecule has 2 fully saturated rings. The number of nitrogens with zero attached hydrogens (tertiary/aromatic N) is 1. The van der Waals surface area contributed by atoms with Crippen LogP contribution in [-0.4, -0.2) is 116 Å². The maximum absolute atomic E-state index is 10.8. The van der Waals surface area contributed by atoms with E-state index < -0.39 is 74.6 Å². The van der Waals surface area contributed by atoms with Gasteiger partial charge in [-0.3, -0.25) is 5.21 Å². The van der Waals surface area contributed by atoms with Gasteiger partial charge < -0.3 is 65.1 Å². The number of aliphatic hydroxyl groups excluding tert-OH is 7. The smallest absolute Gasteiger partial charge is 0.229 e. The molecule has 0 spiro atoms. The minimum absolute atomic E-state index is 0.0799. The van der Waals surface area contributed by atoms with Gasteiger partial charge in [0, 0.05) is 0 Å². The molecule has 8 N–H and O–H groups in total. The van der Waals surface area contributed by atoms with Crippen LogP contribution >= 0.6 is 0 Å². The van der Waals surface area contributed by atoms with Gasteiger partial charge in [-0.05, 0) is 24.3 Å². The molecule has 2 aliphatic heterocycles. The van der Waals surface area contributed by atoms with Crippen LogP contribution in [0.2, 0.25) is 0 Å². The second-order valence-electron chi connectivity index (χ2n) is 7.43. The first kappa shape index (κ1) is 25.0. The quantitative estimate of drug-likeness (QED) is 0.182. The highest BCUT2D eigenvalue weighted by molar-refractivity contribution is 5.47. The van der Waals surface area contributed by atoms with Gasteiger partial charge in [-0.15, -0.1) is 0 Å². The van der Waals surface area contributed by atoms with Crippen LogP contribution in [0.25, 0.3) is 0 Å². The van der Waals surface area contributed by atoms with Crippen molar-refractivity contribution in [2.24, 2.45) is 0 Å². The molecular formula is C18H26NO13-. The second kappa shape index (κ2) is 10.5. The van der Waals surface area contributed by atoms with E-state index in [2.05, 4.69) is 0 Å². The van der Waals surface area contributed by atoms with Crippen molar-refractivity contribution in [2.45, 2.75) is 61.4 Å². The predicted molar refractivity (Wildman–Crippen MR) is 101 cm³/mol. The molecule has 14 heteroatoms. The summed E-state index contributed by atoms with van der Waals surface area (Å²) < 4.78 is 21.4. The number of hydrogen-bond acceptors (Lipinski definition) is 14. The molecule has 10 unspecified atom stereocenters. The van der Waals surface area contributed by atoms with Gasteiger partial charge in [-0.25, -0.2) is 0 Å². The van der Waals surface area contributed by atoms with E-state index in [4.69, 9.17) is 24.2 Å². The summed E-state index contributed by atoms with van der Waals surface area (Å²) in [6.07, 6.45) is -15.4. The molecule has 2 saturated heterocycles. The third kappa shape index (κ3) is 5.28. The van der Waals surface area contributed by atoms with E-state index >= 15 is 0 Å². The van der Waals surface area contributed by atoms with Crippen molar-refractivity contribution in [1.82, 2.24) is 0 Å². The number of rotatable bonds is 7. The zero-order valence-corrected chi connectivity index (χ0v) is 16.6. The van der Waals surface area contributed by atoms with Crippen molar-refractivity contribution >= 4 is 5.69 Å². The van der Waals surface area contributed by atoms with Gasteiger partial charge >= 0.3 is 0 Å². The summed E-state index contributed by atoms with van der Waals surface area (Å²) >= 11 is 0. The minimum Gasteiger partial charge on any atom is -0.733 e. The fourth-order valence-corrected chi connectivity index (χ4v) is 3.33. The van der Waals surface area contributed by atoms with Crippen molar-refractivity contribution < 1.29 is 59.9 Å². The van der Waals surface area contributed by atoms with Crippen LogP contribution in [-0.2, 0) is 14.2 Å². The lowest BCUT2D eigenvalue weighted by molar-refractivity contribution is -0.323. The topological polar surface area (TPSA) is 225 Å². The summed E-state index contributed by atoms with van der Waals surface area (Å²) in [6, 6.07) is 5.04. The Morgan fingerprint density at radius 2 is 1.31 bits per heavy atom. The van der Waals surface area contributed by atoms with E-state index in [1.54, 1.807) is 0 Å². The zero-order chi connectivity index (χ0) is 23.6. The average molecular weight is 464 g/mol. The zero-order valence-electron chi connectivity index (χ0n) is 16.6. The Hall–Kier alpha value is -1.66. The Morgan fingerprint density at radius 1 is 0.781 bits per heavy atom. The molecular weight excluding hydrogens is 438 g/mol. The summed E-state index contributed by atoms with van der Waals surface area (Å²) in [5.41, 5.74) is -0.0799. The van der Waals surface area contributed by atoms with E-state index in [0.29, 0.717) is 0 Å². The molecule has 1 aromatic rings. The monoisotopic (exact) mass is 464 g/mol. The first-order valence-corrected chi connectivity index (χ1v) is 9.68. The fraction of sp³-hybridized carbons (Fsp3) is 0.667. The largest absolute Gasteiger partial charge is 0.733 e. The van der Waals surface area contributed by atoms with Gasteiger partial charge in [-0.2, -0.15) is 0 Å². The molecule has 10 atom stereocenters. The second-order valence-corrected chi connectivity index (χ2v) is 7.43. The standard InChI is InChI=1S/C18H26NO13/c20-5-9-11(21)13(23)15(25)17(31-9)29-6-10-12(22)14(24)16(26)18(32-10)30-8-3-1-7(2-4-8)19(27)28/h1-4,9-18,20-27H,5-6H2/q-1. The van der Waals surface area contributed by atoms with E-state index in [0.717, 1.165) is 0 Å². The van der Waals surface area contributed by atoms with E-state index in [1.165, 1.54) is 24.3 Å². The molecule has 14 nitrogen and oxygen atoms in total. The maximum Gasteiger partial charge on any atom is 0.229 e. The Kier molecular flexibility index (Phi) is 8.21. The highest BCUT2D eigenvalue weighted by atomic mass is 16.8. The average Bonchev–Trinajstić information content (AvgIpc) is 2.78. The molecule has 0 radical (unpaired) electrons. The number of anilines is 1. The summed E-state index contributed by atoms with van der Waals surface area (Å²) in [6.45, 7) is -1.16. The molecule has 0 bridgehead atoms. The summed E-state index contributed by atoms with van der Waals surface area (Å²) in [4.78, 5) is 0. The molecule has 0 aromatic heterocycles. The van der Waals surface area contributed by atoms with Crippen molar-refractivity contribution in [3.63, 3.8) is 0 Å². The molecule has 32 heavy (non-hydrogen) atoms. The highest BCUT2D eigenvalue weighted by Gasteiger charge is 2.47. The summed E-state index contributed by atoms with van der Waals surface area (Å²) in [5.74, 6) is 0.108. The van der Waals surface area contributed by atoms with E-state index in [9.17, 15) is 41.0 Å². The van der Waals surface area contributed by atoms with Crippen molar-refractivity contribution in [3.8, 4) is 5.75 Å². The molecule has 2 aliphatic rings. The van der Waals surface area contributed by atoms with Crippen molar-refractivity contribution in [3.05, 3.63) is 29.5 Å². The van der Waals surface area contributed by atoms with Crippen LogP contribution in [0.1, 0.15) is 0 Å². The number of ether oxygens (including phenoxy) is 4. The lowest BCUT2D eigenvalue weighted by Crippen LogP contribution is -2.62. The molecule has 1 aromatic carbocycles. The SMILES string of the molecule is [O-]N(O)c1ccc(OC2OC(COC3OC(CO)C(O)C(O)C3O)C(O)C(O)C2O)cc1. The Balaban J connectivity index is 1.63. The fourth-order valence-electron chi connectivity index (χ4n) is 3.33. The molecule has 0 aliphatic carbocycles. The van der Waals surface area contributed by atoms with Gasteiger partial charge in [-0.1, -0.05) is 0 Å². The maximum atomic E-state index is 10.8. The van der Waals surface area contributed by atoms with Crippen LogP contribution in [0.4, 0.5) is 5.69 Å². The predicted octanol–water partition coefficient (Wildman–Crippen LogP) is -3.62. The first-order chi connectivity index (χ1) is 15.1. The van der Waals surface area contributed by atoms with Gasteiger partial charge in [0.2, 0.25) is 6.29 Å². The van der Waals surface area contributed by atoms with Crippen LogP contribution in [0.15, 0.2) is 24.3 Å². The van der Waals surface area contributed by atoms with E-state index in [-0.39, 0.29) is 16.7 Å². The van der Waals surface area contributed by atoms with Crippen LogP contribution in [0, 0.1) is 5.21 Å². The summed E-state index contributed by atoms with van der Waals surface area (Å²) in [5, 5.41) is 88.7. The normalized spacial score (nSPS) is 40.2. The van der Waals surface area contributed by atoms with Gasteiger partial charge in [0.25, 0.3) is 0 Å².